The van der Waals surface area contributed by atoms with E-state index in [1.54, 1.807) is 0 Å². The van der Waals surface area contributed by atoms with Crippen LogP contribution in [0.5, 0.6) is 0 Å². The highest BCUT2D eigenvalue weighted by atomic mass is 35.5. The lowest BCUT2D eigenvalue weighted by Crippen LogP contribution is -2.57. The molecule has 3 aromatic rings. The molecule has 0 spiro atoms. The quantitative estimate of drug-likeness (QED) is 0.498. The third-order valence-corrected chi connectivity index (χ3v) is 5.51. The van der Waals surface area contributed by atoms with Crippen LogP contribution in [0.1, 0.15) is 0 Å². The lowest BCUT2D eigenvalue weighted by Gasteiger charge is -2.36. The molecule has 1 saturated heterocycles. The van der Waals surface area contributed by atoms with Crippen LogP contribution in [-0.4, -0.2) is 60.1 Å². The van der Waals surface area contributed by atoms with Gasteiger partial charge in [-0.05, 0) is 0 Å². The van der Waals surface area contributed by atoms with Crippen LogP contribution >= 0.6 is 11.6 Å². The first-order valence-corrected chi connectivity index (χ1v) is 9.38. The van der Waals surface area contributed by atoms with Crippen LogP contribution in [0.4, 0.5) is 38.1 Å². The fourth-order valence-electron chi connectivity index (χ4n) is 3.75. The lowest BCUT2D eigenvalue weighted by molar-refractivity contribution is -0.155. The third kappa shape index (κ3) is 3.49. The molecule has 0 saturated carbocycles. The fourth-order valence-corrected chi connectivity index (χ4v) is 4.01. The van der Waals surface area contributed by atoms with E-state index in [1.807, 2.05) is 0 Å². The summed E-state index contributed by atoms with van der Waals surface area (Å²) in [4.78, 5) is 20.2. The highest BCUT2D eigenvalue weighted by molar-refractivity contribution is 6.36. The van der Waals surface area contributed by atoms with Crippen LogP contribution in [0.2, 0.25) is 5.02 Å². The number of hydrogen-bond acceptors (Lipinski definition) is 4. The van der Waals surface area contributed by atoms with E-state index >= 15 is 0 Å². The summed E-state index contributed by atoms with van der Waals surface area (Å²) in [6, 6.07) is -1.13. The Morgan fingerprint density at radius 1 is 1.35 bits per heavy atom. The Balaban J connectivity index is 2.00. The number of piperazine rings is 1. The van der Waals surface area contributed by atoms with Crippen molar-refractivity contribution in [3.05, 3.63) is 28.9 Å². The van der Waals surface area contributed by atoms with E-state index in [0.717, 1.165) is 7.05 Å². The molecule has 13 heteroatoms. The number of hydrogen-bond donors (Lipinski definition) is 3. The summed E-state index contributed by atoms with van der Waals surface area (Å²) in [7, 11) is 1.14. The van der Waals surface area contributed by atoms with Gasteiger partial charge in [-0.3, -0.25) is 4.90 Å². The van der Waals surface area contributed by atoms with E-state index in [4.69, 9.17) is 11.6 Å². The minimum Gasteiger partial charge on any atom is -0.465 e. The summed E-state index contributed by atoms with van der Waals surface area (Å²) >= 11 is 6.26. The summed E-state index contributed by atoms with van der Waals surface area (Å²) in [6.45, 7) is -0.402. The van der Waals surface area contributed by atoms with Gasteiger partial charge in [-0.15, -0.1) is 0 Å². The predicted octanol–water partition coefficient (Wildman–Crippen LogP) is 4.10. The monoisotopic (exact) mass is 463 g/mol. The van der Waals surface area contributed by atoms with E-state index in [2.05, 4.69) is 15.3 Å². The van der Waals surface area contributed by atoms with Crippen molar-refractivity contribution in [2.75, 3.05) is 36.5 Å². The molecule has 1 atom stereocenters. The second-order valence-corrected chi connectivity index (χ2v) is 7.49. The average Bonchev–Trinajstić information content (AvgIpc) is 3.09. The standard InChI is InChI=1S/C18H15ClF5N5O2/c1-28(17(30)31)9-4-8(20)13(21)11-12-15(7(19)5-26-16(12)27-14(9)11)29-3-2-25-10(6-29)18(22,23)24/h4-5,10,25H,2-3,6H2,1H3,(H,26,27)(H,30,31). The van der Waals surface area contributed by atoms with Crippen LogP contribution in [0.3, 0.4) is 0 Å². The zero-order chi connectivity index (χ0) is 22.7. The van der Waals surface area contributed by atoms with E-state index in [0.29, 0.717) is 11.0 Å². The Morgan fingerprint density at radius 3 is 2.71 bits per heavy atom. The second-order valence-electron chi connectivity index (χ2n) is 7.08. The number of rotatable bonds is 2. The molecule has 1 aliphatic rings. The summed E-state index contributed by atoms with van der Waals surface area (Å²) < 4.78 is 69.1. The normalized spacial score (nSPS) is 17.5. The van der Waals surface area contributed by atoms with Crippen molar-refractivity contribution < 1.29 is 31.9 Å². The zero-order valence-corrected chi connectivity index (χ0v) is 16.6. The summed E-state index contributed by atoms with van der Waals surface area (Å²) in [5.41, 5.74) is -0.171. The molecular formula is C18H15ClF5N5O2. The summed E-state index contributed by atoms with van der Waals surface area (Å²) in [5.74, 6) is -2.62. The van der Waals surface area contributed by atoms with Crippen molar-refractivity contribution in [3.8, 4) is 0 Å². The number of carbonyl (C=O) groups is 1. The molecule has 166 valence electrons. The van der Waals surface area contributed by atoms with Gasteiger partial charge in [0.1, 0.15) is 11.7 Å². The number of aromatic amines is 1. The van der Waals surface area contributed by atoms with Crippen LogP contribution in [0.15, 0.2) is 12.3 Å². The zero-order valence-electron chi connectivity index (χ0n) is 15.8. The molecule has 1 fully saturated rings. The van der Waals surface area contributed by atoms with Gasteiger partial charge >= 0.3 is 12.3 Å². The molecule has 1 unspecified atom stereocenters. The molecule has 1 aromatic carbocycles. The molecule has 3 heterocycles. The number of H-pyrrole nitrogens is 1. The smallest absolute Gasteiger partial charge is 0.411 e. The largest absolute Gasteiger partial charge is 0.465 e. The lowest BCUT2D eigenvalue weighted by atomic mass is 10.1. The molecule has 0 bridgehead atoms. The van der Waals surface area contributed by atoms with Crippen LogP contribution in [0, 0.1) is 11.6 Å². The minimum absolute atomic E-state index is 0.0173. The van der Waals surface area contributed by atoms with Gasteiger partial charge in [0.15, 0.2) is 11.6 Å². The fraction of sp³-hybridized carbons (Fsp3) is 0.333. The van der Waals surface area contributed by atoms with E-state index in [1.165, 1.54) is 11.1 Å². The Bertz CT molecular complexity index is 1200. The molecule has 31 heavy (non-hydrogen) atoms. The second kappa shape index (κ2) is 7.38. The topological polar surface area (TPSA) is 84.5 Å². The Labute approximate surface area is 176 Å². The number of nitrogens with zero attached hydrogens (tertiary/aromatic N) is 3. The molecular weight excluding hydrogens is 449 g/mol. The van der Waals surface area contributed by atoms with E-state index in [-0.39, 0.29) is 51.4 Å². The van der Waals surface area contributed by atoms with E-state index < -0.39 is 36.5 Å². The van der Waals surface area contributed by atoms with Crippen molar-refractivity contribution in [1.82, 2.24) is 15.3 Å². The number of carboxylic acid groups (broad SMARTS) is 1. The highest BCUT2D eigenvalue weighted by Gasteiger charge is 2.42. The Hall–Kier alpha value is -2.86. The Kier molecular flexibility index (Phi) is 5.09. The van der Waals surface area contributed by atoms with Gasteiger partial charge in [-0.2, -0.15) is 13.2 Å². The van der Waals surface area contributed by atoms with Crippen molar-refractivity contribution >= 4 is 51.0 Å². The van der Waals surface area contributed by atoms with Gasteiger partial charge in [0.05, 0.1) is 38.9 Å². The maximum Gasteiger partial charge on any atom is 0.411 e. The molecule has 2 aromatic heterocycles. The minimum atomic E-state index is -4.52. The molecule has 4 rings (SSSR count). The van der Waals surface area contributed by atoms with Gasteiger partial charge < -0.3 is 20.3 Å². The van der Waals surface area contributed by atoms with Gasteiger partial charge in [0.25, 0.3) is 0 Å². The Morgan fingerprint density at radius 2 is 2.06 bits per heavy atom. The number of alkyl halides is 3. The molecule has 0 radical (unpaired) electrons. The predicted molar refractivity (Wildman–Crippen MR) is 105 cm³/mol. The number of anilines is 2. The summed E-state index contributed by atoms with van der Waals surface area (Å²) in [5, 5.41) is 11.2. The first-order chi connectivity index (χ1) is 14.5. The van der Waals surface area contributed by atoms with Crippen LogP contribution in [0.25, 0.3) is 21.9 Å². The number of pyridine rings is 1. The highest BCUT2D eigenvalue weighted by Crippen LogP contribution is 2.42. The molecule has 3 N–H and O–H groups in total. The van der Waals surface area contributed by atoms with Crippen molar-refractivity contribution in [2.24, 2.45) is 0 Å². The van der Waals surface area contributed by atoms with Crippen molar-refractivity contribution in [3.63, 3.8) is 0 Å². The molecule has 1 amide bonds. The number of benzene rings is 1. The van der Waals surface area contributed by atoms with Gasteiger partial charge in [0, 0.05) is 32.7 Å². The van der Waals surface area contributed by atoms with Crippen LogP contribution < -0.4 is 15.1 Å². The van der Waals surface area contributed by atoms with Gasteiger partial charge in [0.2, 0.25) is 0 Å². The average molecular weight is 464 g/mol. The number of nitrogens with one attached hydrogen (secondary N) is 2. The van der Waals surface area contributed by atoms with E-state index in [9.17, 15) is 31.9 Å². The SMILES string of the molecule is CN(C(=O)O)c1cc(F)c(F)c2c1[nH]c1ncc(Cl)c(N3CCNC(C(F)(F)F)C3)c12. The van der Waals surface area contributed by atoms with Crippen molar-refractivity contribution in [2.45, 2.75) is 12.2 Å². The number of fused-ring (bicyclic) bond motifs is 3. The summed E-state index contributed by atoms with van der Waals surface area (Å²) in [6.07, 6.45) is -4.76. The van der Waals surface area contributed by atoms with Gasteiger partial charge in [-0.1, -0.05) is 11.6 Å². The van der Waals surface area contributed by atoms with Crippen LogP contribution in [-0.2, 0) is 0 Å². The van der Waals surface area contributed by atoms with Crippen molar-refractivity contribution in [1.29, 1.82) is 0 Å². The first-order valence-electron chi connectivity index (χ1n) is 9.00. The third-order valence-electron chi connectivity index (χ3n) is 5.23. The first kappa shape index (κ1) is 21.4. The van der Waals surface area contributed by atoms with Gasteiger partial charge in [-0.25, -0.2) is 18.6 Å². The number of amides is 1. The number of aromatic nitrogens is 2. The maximum atomic E-state index is 14.9. The maximum absolute atomic E-state index is 14.9. The molecule has 7 nitrogen and oxygen atoms in total. The number of halogens is 6. The molecule has 1 aliphatic heterocycles. The molecule has 0 aliphatic carbocycles.